The summed E-state index contributed by atoms with van der Waals surface area (Å²) < 4.78 is 5.20. The summed E-state index contributed by atoms with van der Waals surface area (Å²) in [5.41, 5.74) is 2.04. The maximum absolute atomic E-state index is 12.7. The molecule has 1 saturated heterocycles. The van der Waals surface area contributed by atoms with Gasteiger partial charge in [0.05, 0.1) is 31.5 Å². The van der Waals surface area contributed by atoms with Crippen LogP contribution in [0.4, 0.5) is 11.5 Å². The molecular formula is C23H29N5O3. The minimum absolute atomic E-state index is 0.0622. The molecule has 0 spiro atoms. The number of aromatic nitrogens is 1. The van der Waals surface area contributed by atoms with Crippen LogP contribution in [0.5, 0.6) is 5.75 Å². The van der Waals surface area contributed by atoms with Crippen molar-refractivity contribution in [3.05, 3.63) is 47.7 Å². The van der Waals surface area contributed by atoms with Gasteiger partial charge in [-0.15, -0.1) is 0 Å². The summed E-state index contributed by atoms with van der Waals surface area (Å²) in [6.45, 7) is 4.24. The Balaban J connectivity index is 1.44. The van der Waals surface area contributed by atoms with Gasteiger partial charge in [-0.25, -0.2) is 4.98 Å². The topological polar surface area (TPSA) is 86.8 Å². The van der Waals surface area contributed by atoms with Gasteiger partial charge in [0.2, 0.25) is 5.91 Å². The van der Waals surface area contributed by atoms with Crippen LogP contribution in [0.25, 0.3) is 0 Å². The number of carbonyl (C=O) groups is 2. The predicted molar refractivity (Wildman–Crippen MR) is 120 cm³/mol. The van der Waals surface area contributed by atoms with Crippen LogP contribution < -0.4 is 20.3 Å². The number of rotatable bonds is 7. The van der Waals surface area contributed by atoms with E-state index in [2.05, 4.69) is 20.5 Å². The second-order valence-corrected chi connectivity index (χ2v) is 7.93. The van der Waals surface area contributed by atoms with E-state index in [1.54, 1.807) is 24.3 Å². The third kappa shape index (κ3) is 5.14. The van der Waals surface area contributed by atoms with Crippen molar-refractivity contribution in [3.8, 4) is 5.75 Å². The molecule has 0 bridgehead atoms. The second kappa shape index (κ2) is 9.78. The number of fused-ring (bicyclic) bond motifs is 1. The van der Waals surface area contributed by atoms with E-state index < -0.39 is 0 Å². The first-order valence-electron chi connectivity index (χ1n) is 10.8. The number of nitrogens with zero attached hydrogens (tertiary/aromatic N) is 3. The Hall–Kier alpha value is -3.13. The molecule has 8 heteroatoms. The van der Waals surface area contributed by atoms with Crippen LogP contribution in [-0.4, -0.2) is 61.5 Å². The molecule has 2 aliphatic heterocycles. The van der Waals surface area contributed by atoms with Crippen LogP contribution in [0.15, 0.2) is 36.5 Å². The Morgan fingerprint density at radius 2 is 1.97 bits per heavy atom. The Bertz CT molecular complexity index is 925. The number of hydrogen-bond acceptors (Lipinski definition) is 6. The molecule has 31 heavy (non-hydrogen) atoms. The molecule has 1 fully saturated rings. The van der Waals surface area contributed by atoms with Gasteiger partial charge in [-0.05, 0) is 49.7 Å². The van der Waals surface area contributed by atoms with Crippen LogP contribution in [0, 0.1) is 0 Å². The van der Waals surface area contributed by atoms with E-state index in [1.807, 2.05) is 24.3 Å². The number of hydrogen-bond donors (Lipinski definition) is 2. The molecule has 2 aromatic rings. The highest BCUT2D eigenvalue weighted by atomic mass is 16.5. The zero-order valence-electron chi connectivity index (χ0n) is 17.9. The van der Waals surface area contributed by atoms with E-state index >= 15 is 0 Å². The number of carbonyl (C=O) groups excluding carboxylic acids is 2. The molecule has 2 aliphatic rings. The summed E-state index contributed by atoms with van der Waals surface area (Å²) in [5, 5.41) is 6.02. The molecule has 1 aromatic carbocycles. The van der Waals surface area contributed by atoms with Gasteiger partial charge < -0.3 is 25.2 Å². The van der Waals surface area contributed by atoms with Crippen LogP contribution in [0.3, 0.4) is 0 Å². The van der Waals surface area contributed by atoms with E-state index in [-0.39, 0.29) is 18.4 Å². The van der Waals surface area contributed by atoms with Gasteiger partial charge in [0.1, 0.15) is 5.75 Å². The molecule has 2 N–H and O–H groups in total. The summed E-state index contributed by atoms with van der Waals surface area (Å²) in [6.07, 6.45) is 5.31. The minimum atomic E-state index is -0.172. The first-order valence-corrected chi connectivity index (χ1v) is 10.8. The number of nitrogens with one attached hydrogen (secondary N) is 2. The molecule has 4 rings (SSSR count). The summed E-state index contributed by atoms with van der Waals surface area (Å²) in [5.74, 6) is 1.14. The Morgan fingerprint density at radius 1 is 1.19 bits per heavy atom. The number of piperidine rings is 1. The molecule has 8 nitrogen and oxygen atoms in total. The van der Waals surface area contributed by atoms with E-state index in [9.17, 15) is 9.59 Å². The quantitative estimate of drug-likeness (QED) is 0.711. The largest absolute Gasteiger partial charge is 0.497 e. The smallest absolute Gasteiger partial charge is 0.252 e. The van der Waals surface area contributed by atoms with Gasteiger partial charge in [-0.1, -0.05) is 18.6 Å². The predicted octanol–water partition coefficient (Wildman–Crippen LogP) is 2.26. The molecule has 2 amide bonds. The van der Waals surface area contributed by atoms with Crippen molar-refractivity contribution in [2.24, 2.45) is 0 Å². The SMILES string of the molecule is COc1ccc(CN2C(=O)CNc3ncc(C(=O)NCCN4CCCCC4)cc32)cc1. The van der Waals surface area contributed by atoms with Gasteiger partial charge in [-0.2, -0.15) is 0 Å². The highest BCUT2D eigenvalue weighted by Crippen LogP contribution is 2.30. The van der Waals surface area contributed by atoms with Crippen molar-refractivity contribution in [1.82, 2.24) is 15.2 Å². The van der Waals surface area contributed by atoms with Crippen LogP contribution in [0.2, 0.25) is 0 Å². The number of anilines is 2. The summed E-state index contributed by atoms with van der Waals surface area (Å²) in [4.78, 5) is 33.7. The fraction of sp³-hybridized carbons (Fsp3) is 0.435. The third-order valence-corrected chi connectivity index (χ3v) is 5.79. The first kappa shape index (κ1) is 21.1. The standard InChI is InChI=1S/C23H29N5O3/c1-31-19-7-5-17(6-8-19)16-28-20-13-18(14-25-22(20)26-15-21(28)29)23(30)24-9-12-27-10-3-2-4-11-27/h5-8,13-14H,2-4,9-12,15-16H2,1H3,(H,24,30)(H,25,26). The van der Waals surface area contributed by atoms with Crippen molar-refractivity contribution in [2.75, 3.05) is 50.1 Å². The second-order valence-electron chi connectivity index (χ2n) is 7.93. The van der Waals surface area contributed by atoms with E-state index in [4.69, 9.17) is 4.74 Å². The van der Waals surface area contributed by atoms with Crippen molar-refractivity contribution < 1.29 is 14.3 Å². The Kier molecular flexibility index (Phi) is 6.66. The highest BCUT2D eigenvalue weighted by Gasteiger charge is 2.26. The monoisotopic (exact) mass is 423 g/mol. The van der Waals surface area contributed by atoms with E-state index in [0.29, 0.717) is 30.2 Å². The molecule has 3 heterocycles. The number of methoxy groups -OCH3 is 1. The summed E-state index contributed by atoms with van der Waals surface area (Å²) in [7, 11) is 1.62. The van der Waals surface area contributed by atoms with Crippen LogP contribution in [-0.2, 0) is 11.3 Å². The molecular weight excluding hydrogens is 394 g/mol. The molecule has 164 valence electrons. The molecule has 1 aromatic heterocycles. The lowest BCUT2D eigenvalue weighted by Gasteiger charge is -2.30. The maximum atomic E-state index is 12.7. The van der Waals surface area contributed by atoms with Crippen molar-refractivity contribution in [1.29, 1.82) is 0 Å². The van der Waals surface area contributed by atoms with Gasteiger partial charge in [0.15, 0.2) is 5.82 Å². The van der Waals surface area contributed by atoms with Gasteiger partial charge in [0, 0.05) is 19.3 Å². The molecule has 0 aliphatic carbocycles. The number of pyridine rings is 1. The number of likely N-dealkylation sites (tertiary alicyclic amines) is 1. The van der Waals surface area contributed by atoms with Crippen LogP contribution >= 0.6 is 0 Å². The maximum Gasteiger partial charge on any atom is 0.252 e. The first-order chi connectivity index (χ1) is 15.1. The Labute approximate surface area is 182 Å². The lowest BCUT2D eigenvalue weighted by molar-refractivity contribution is -0.117. The summed E-state index contributed by atoms with van der Waals surface area (Å²) >= 11 is 0. The number of benzene rings is 1. The third-order valence-electron chi connectivity index (χ3n) is 5.79. The van der Waals surface area contributed by atoms with Gasteiger partial charge in [-0.3, -0.25) is 9.59 Å². The van der Waals surface area contributed by atoms with Crippen molar-refractivity contribution in [2.45, 2.75) is 25.8 Å². The molecule has 0 atom stereocenters. The highest BCUT2D eigenvalue weighted by molar-refractivity contribution is 6.04. The fourth-order valence-corrected chi connectivity index (χ4v) is 4.01. The van der Waals surface area contributed by atoms with Gasteiger partial charge in [0.25, 0.3) is 5.91 Å². The lowest BCUT2D eigenvalue weighted by atomic mass is 10.1. The molecule has 0 saturated carbocycles. The van der Waals surface area contributed by atoms with Crippen molar-refractivity contribution >= 4 is 23.3 Å². The average Bonchev–Trinajstić information content (AvgIpc) is 2.81. The zero-order valence-corrected chi connectivity index (χ0v) is 17.9. The Morgan fingerprint density at radius 3 is 2.71 bits per heavy atom. The van der Waals surface area contributed by atoms with Gasteiger partial charge >= 0.3 is 0 Å². The van der Waals surface area contributed by atoms with Crippen molar-refractivity contribution in [3.63, 3.8) is 0 Å². The zero-order chi connectivity index (χ0) is 21.6. The van der Waals surface area contributed by atoms with E-state index in [0.717, 1.165) is 30.9 Å². The van der Waals surface area contributed by atoms with E-state index in [1.165, 1.54) is 19.3 Å². The number of amides is 2. The molecule has 0 radical (unpaired) electrons. The average molecular weight is 424 g/mol. The summed E-state index contributed by atoms with van der Waals surface area (Å²) in [6, 6.07) is 9.34. The minimum Gasteiger partial charge on any atom is -0.497 e. The molecule has 0 unspecified atom stereocenters. The van der Waals surface area contributed by atoms with Crippen LogP contribution in [0.1, 0.15) is 35.2 Å². The normalized spacial score (nSPS) is 16.4. The lowest BCUT2D eigenvalue weighted by Crippen LogP contribution is -2.40. The fourth-order valence-electron chi connectivity index (χ4n) is 4.01. The number of ether oxygens (including phenoxy) is 1.